The maximum Gasteiger partial charge on any atom is 0.274 e. The highest BCUT2D eigenvalue weighted by Crippen LogP contribution is 2.18. The van der Waals surface area contributed by atoms with Gasteiger partial charge in [0, 0.05) is 6.07 Å². The van der Waals surface area contributed by atoms with Crippen LogP contribution in [0.1, 0.15) is 24.7 Å². The molecule has 0 spiro atoms. The highest BCUT2D eigenvalue weighted by molar-refractivity contribution is 5.39. The van der Waals surface area contributed by atoms with E-state index in [4.69, 9.17) is 0 Å². The van der Waals surface area contributed by atoms with Gasteiger partial charge in [-0.2, -0.15) is 5.10 Å². The Balaban J connectivity index is 2.14. The molecule has 1 heterocycles. The summed E-state index contributed by atoms with van der Waals surface area (Å²) in [5, 5.41) is 18.4. The van der Waals surface area contributed by atoms with Crippen LogP contribution >= 0.6 is 0 Å². The van der Waals surface area contributed by atoms with Crippen molar-refractivity contribution in [3.8, 4) is 0 Å². The number of nitro benzene ring substituents is 1. The summed E-state index contributed by atoms with van der Waals surface area (Å²) in [7, 11) is 0. The van der Waals surface area contributed by atoms with Crippen molar-refractivity contribution in [2.45, 2.75) is 26.4 Å². The van der Waals surface area contributed by atoms with E-state index >= 15 is 0 Å². The average molecular weight is 275 g/mol. The number of hydrogen-bond acceptors (Lipinski definition) is 5. The monoisotopic (exact) mass is 275 g/mol. The Kier molecular flexibility index (Phi) is 4.78. The standard InChI is InChI=1S/C13H17N5O2/c1-2-7-14-8-13-15-10-16-17(13)9-11-5-3-4-6-12(11)18(19)20/h3-6,10,14H,2,7-9H2,1H3. The van der Waals surface area contributed by atoms with Crippen LogP contribution in [0.5, 0.6) is 0 Å². The summed E-state index contributed by atoms with van der Waals surface area (Å²) in [6.45, 7) is 3.94. The van der Waals surface area contributed by atoms with Crippen molar-refractivity contribution in [1.82, 2.24) is 20.1 Å². The molecule has 1 aromatic heterocycles. The topological polar surface area (TPSA) is 85.9 Å². The Morgan fingerprint density at radius 1 is 1.40 bits per heavy atom. The van der Waals surface area contributed by atoms with Crippen molar-refractivity contribution >= 4 is 5.69 Å². The van der Waals surface area contributed by atoms with Crippen LogP contribution in [-0.2, 0) is 13.1 Å². The molecule has 0 aliphatic rings. The van der Waals surface area contributed by atoms with Gasteiger partial charge in [0.1, 0.15) is 12.2 Å². The molecular weight excluding hydrogens is 258 g/mol. The number of nitro groups is 1. The molecule has 1 aromatic carbocycles. The van der Waals surface area contributed by atoms with Gasteiger partial charge < -0.3 is 5.32 Å². The molecule has 0 aliphatic heterocycles. The summed E-state index contributed by atoms with van der Waals surface area (Å²) in [5.74, 6) is 0.775. The number of nitrogens with zero attached hydrogens (tertiary/aromatic N) is 4. The van der Waals surface area contributed by atoms with Crippen molar-refractivity contribution in [2.75, 3.05) is 6.54 Å². The minimum atomic E-state index is -0.374. The van der Waals surface area contributed by atoms with E-state index in [1.807, 2.05) is 0 Å². The Hall–Kier alpha value is -2.28. The molecular formula is C13H17N5O2. The van der Waals surface area contributed by atoms with Crippen molar-refractivity contribution in [2.24, 2.45) is 0 Å². The van der Waals surface area contributed by atoms with Crippen molar-refractivity contribution in [3.05, 3.63) is 52.1 Å². The molecule has 0 bridgehead atoms. The van der Waals surface area contributed by atoms with E-state index in [2.05, 4.69) is 22.3 Å². The molecule has 0 saturated heterocycles. The Labute approximate surface area is 116 Å². The molecule has 2 aromatic rings. The maximum absolute atomic E-state index is 11.0. The van der Waals surface area contributed by atoms with Crippen molar-refractivity contribution in [3.63, 3.8) is 0 Å². The molecule has 2 rings (SSSR count). The molecule has 7 heteroatoms. The zero-order valence-electron chi connectivity index (χ0n) is 11.3. The molecule has 0 fully saturated rings. The van der Waals surface area contributed by atoms with Crippen LogP contribution in [0.4, 0.5) is 5.69 Å². The maximum atomic E-state index is 11.0. The predicted molar refractivity (Wildman–Crippen MR) is 74.2 cm³/mol. The van der Waals surface area contributed by atoms with Crippen LogP contribution in [0, 0.1) is 10.1 Å². The first-order valence-corrected chi connectivity index (χ1v) is 6.52. The summed E-state index contributed by atoms with van der Waals surface area (Å²) in [5.41, 5.74) is 0.732. The normalized spacial score (nSPS) is 10.7. The quantitative estimate of drug-likeness (QED) is 0.472. The fourth-order valence-electron chi connectivity index (χ4n) is 1.92. The third-order valence-corrected chi connectivity index (χ3v) is 2.91. The van der Waals surface area contributed by atoms with Crippen LogP contribution in [0.15, 0.2) is 30.6 Å². The van der Waals surface area contributed by atoms with E-state index in [0.717, 1.165) is 18.8 Å². The third-order valence-electron chi connectivity index (χ3n) is 2.91. The molecule has 0 amide bonds. The average Bonchev–Trinajstić information content (AvgIpc) is 2.87. The second-order valence-electron chi connectivity index (χ2n) is 4.40. The number of rotatable bonds is 7. The number of aromatic nitrogens is 3. The number of nitrogens with one attached hydrogen (secondary N) is 1. The molecule has 0 saturated carbocycles. The number of para-hydroxylation sites is 1. The van der Waals surface area contributed by atoms with Gasteiger partial charge in [0.15, 0.2) is 0 Å². The second-order valence-corrected chi connectivity index (χ2v) is 4.40. The van der Waals surface area contributed by atoms with E-state index in [1.54, 1.807) is 22.9 Å². The predicted octanol–water partition coefficient (Wildman–Crippen LogP) is 1.73. The molecule has 7 nitrogen and oxygen atoms in total. The van der Waals surface area contributed by atoms with E-state index in [9.17, 15) is 10.1 Å². The first-order chi connectivity index (χ1) is 9.72. The second kappa shape index (κ2) is 6.76. The zero-order chi connectivity index (χ0) is 14.4. The number of hydrogen-bond donors (Lipinski definition) is 1. The van der Waals surface area contributed by atoms with E-state index in [-0.39, 0.29) is 10.6 Å². The fraction of sp³-hybridized carbons (Fsp3) is 0.385. The van der Waals surface area contributed by atoms with Gasteiger partial charge in [0.05, 0.1) is 23.6 Å². The third kappa shape index (κ3) is 3.39. The van der Waals surface area contributed by atoms with E-state index in [1.165, 1.54) is 12.4 Å². The summed E-state index contributed by atoms with van der Waals surface area (Å²) >= 11 is 0. The van der Waals surface area contributed by atoms with Crippen molar-refractivity contribution in [1.29, 1.82) is 0 Å². The molecule has 0 radical (unpaired) electrons. The van der Waals surface area contributed by atoms with Crippen molar-refractivity contribution < 1.29 is 4.92 Å². The van der Waals surface area contributed by atoms with E-state index < -0.39 is 0 Å². The lowest BCUT2D eigenvalue weighted by molar-refractivity contribution is -0.385. The van der Waals surface area contributed by atoms with Gasteiger partial charge in [-0.15, -0.1) is 0 Å². The van der Waals surface area contributed by atoms with Gasteiger partial charge in [-0.3, -0.25) is 10.1 Å². The summed E-state index contributed by atoms with van der Waals surface area (Å²) in [6, 6.07) is 6.69. The number of benzene rings is 1. The minimum Gasteiger partial charge on any atom is -0.310 e. The SMILES string of the molecule is CCCNCc1ncnn1Cc1ccccc1[N+](=O)[O-]. The lowest BCUT2D eigenvalue weighted by Crippen LogP contribution is -2.18. The van der Waals surface area contributed by atoms with Crippen LogP contribution in [0.2, 0.25) is 0 Å². The van der Waals surface area contributed by atoms with Crippen LogP contribution in [0.25, 0.3) is 0 Å². The van der Waals surface area contributed by atoms with Crippen LogP contribution in [-0.4, -0.2) is 26.2 Å². The van der Waals surface area contributed by atoms with Crippen LogP contribution < -0.4 is 5.32 Å². The van der Waals surface area contributed by atoms with Gasteiger partial charge >= 0.3 is 0 Å². The lowest BCUT2D eigenvalue weighted by atomic mass is 10.2. The Morgan fingerprint density at radius 3 is 2.95 bits per heavy atom. The van der Waals surface area contributed by atoms with Gasteiger partial charge in [0.25, 0.3) is 5.69 Å². The fourth-order valence-corrected chi connectivity index (χ4v) is 1.92. The Bertz CT molecular complexity index is 582. The minimum absolute atomic E-state index is 0.107. The zero-order valence-corrected chi connectivity index (χ0v) is 11.3. The molecule has 0 aliphatic carbocycles. The molecule has 0 atom stereocenters. The smallest absolute Gasteiger partial charge is 0.274 e. The van der Waals surface area contributed by atoms with Gasteiger partial charge in [-0.1, -0.05) is 25.1 Å². The largest absolute Gasteiger partial charge is 0.310 e. The van der Waals surface area contributed by atoms with Gasteiger partial charge in [-0.25, -0.2) is 9.67 Å². The molecule has 20 heavy (non-hydrogen) atoms. The van der Waals surface area contributed by atoms with Gasteiger partial charge in [0.2, 0.25) is 0 Å². The first-order valence-electron chi connectivity index (χ1n) is 6.52. The highest BCUT2D eigenvalue weighted by atomic mass is 16.6. The summed E-state index contributed by atoms with van der Waals surface area (Å²) in [4.78, 5) is 14.8. The molecule has 106 valence electrons. The molecule has 0 unspecified atom stereocenters. The summed E-state index contributed by atoms with van der Waals surface area (Å²) in [6.07, 6.45) is 2.51. The van der Waals surface area contributed by atoms with E-state index in [0.29, 0.717) is 18.7 Å². The van der Waals surface area contributed by atoms with Crippen LogP contribution in [0.3, 0.4) is 0 Å². The summed E-state index contributed by atoms with van der Waals surface area (Å²) < 4.78 is 1.69. The Morgan fingerprint density at radius 2 is 2.20 bits per heavy atom. The molecule has 1 N–H and O–H groups in total. The van der Waals surface area contributed by atoms with Gasteiger partial charge in [-0.05, 0) is 13.0 Å². The highest BCUT2D eigenvalue weighted by Gasteiger charge is 2.14. The lowest BCUT2D eigenvalue weighted by Gasteiger charge is -2.07. The first kappa shape index (κ1) is 14.1.